The molecule has 138 valence electrons. The molecule has 0 radical (unpaired) electrons. The van der Waals surface area contributed by atoms with Gasteiger partial charge in [-0.1, -0.05) is 18.2 Å². The number of nitrogens with one attached hydrogen (secondary N) is 1. The van der Waals surface area contributed by atoms with E-state index in [4.69, 9.17) is 9.47 Å². The minimum absolute atomic E-state index is 0.0306. The number of para-hydroxylation sites is 1. The largest absolute Gasteiger partial charge is 0.493 e. The third-order valence-corrected chi connectivity index (χ3v) is 3.52. The molecule has 0 spiro atoms. The van der Waals surface area contributed by atoms with E-state index in [1.807, 2.05) is 25.1 Å². The summed E-state index contributed by atoms with van der Waals surface area (Å²) in [7, 11) is 0. The zero-order valence-corrected chi connectivity index (χ0v) is 14.4. The maximum Gasteiger partial charge on any atom is 0.310 e. The summed E-state index contributed by atoms with van der Waals surface area (Å²) in [5.41, 5.74) is 1.01. The van der Waals surface area contributed by atoms with Crippen LogP contribution in [0, 0.1) is 18.6 Å². The van der Waals surface area contributed by atoms with Crippen molar-refractivity contribution in [2.45, 2.75) is 26.4 Å². The molecule has 0 aliphatic heterocycles. The van der Waals surface area contributed by atoms with Gasteiger partial charge in [0.05, 0.1) is 13.0 Å². The van der Waals surface area contributed by atoms with Crippen LogP contribution >= 0.6 is 0 Å². The number of benzene rings is 2. The van der Waals surface area contributed by atoms with Crippen molar-refractivity contribution in [1.29, 1.82) is 0 Å². The van der Waals surface area contributed by atoms with Gasteiger partial charge in [0.25, 0.3) is 5.91 Å². The number of anilines is 1. The lowest BCUT2D eigenvalue weighted by Gasteiger charge is -2.14. The predicted molar refractivity (Wildman–Crippen MR) is 91.8 cm³/mol. The summed E-state index contributed by atoms with van der Waals surface area (Å²) < 4.78 is 36.5. The smallest absolute Gasteiger partial charge is 0.310 e. The van der Waals surface area contributed by atoms with Gasteiger partial charge in [-0.05, 0) is 37.6 Å². The molecule has 2 rings (SSSR count). The Labute approximate surface area is 149 Å². The van der Waals surface area contributed by atoms with Crippen molar-refractivity contribution in [2.24, 2.45) is 0 Å². The average molecular weight is 363 g/mol. The van der Waals surface area contributed by atoms with E-state index < -0.39 is 29.6 Å². The molecule has 1 N–H and O–H groups in total. The molecule has 1 atom stereocenters. The highest BCUT2D eigenvalue weighted by atomic mass is 19.2. The quantitative estimate of drug-likeness (QED) is 0.763. The van der Waals surface area contributed by atoms with Gasteiger partial charge in [0.1, 0.15) is 5.75 Å². The van der Waals surface area contributed by atoms with Crippen LogP contribution in [0.25, 0.3) is 0 Å². The number of ether oxygens (including phenoxy) is 2. The molecular formula is C19H19F2NO4. The number of esters is 1. The van der Waals surface area contributed by atoms with Crippen LogP contribution in [0.3, 0.4) is 0 Å². The fraction of sp³-hybridized carbons (Fsp3) is 0.263. The van der Waals surface area contributed by atoms with Crippen LogP contribution in [0.5, 0.6) is 5.75 Å². The van der Waals surface area contributed by atoms with Crippen molar-refractivity contribution in [1.82, 2.24) is 0 Å². The Morgan fingerprint density at radius 2 is 1.85 bits per heavy atom. The highest BCUT2D eigenvalue weighted by Crippen LogP contribution is 2.16. The molecule has 0 bridgehead atoms. The van der Waals surface area contributed by atoms with Crippen molar-refractivity contribution in [3.8, 4) is 5.75 Å². The molecule has 0 unspecified atom stereocenters. The monoisotopic (exact) mass is 363 g/mol. The zero-order valence-electron chi connectivity index (χ0n) is 14.4. The second-order valence-electron chi connectivity index (χ2n) is 5.61. The standard InChI is InChI=1S/C19H19F2NO4/c1-12-5-3-4-6-17(12)25-10-9-18(23)26-13(2)19(24)22-14-7-8-15(20)16(21)11-14/h3-8,11,13H,9-10H2,1-2H3,(H,22,24)/t13-/m1/s1. The van der Waals surface area contributed by atoms with E-state index in [2.05, 4.69) is 5.32 Å². The van der Waals surface area contributed by atoms with E-state index in [1.165, 1.54) is 13.0 Å². The molecule has 0 aliphatic carbocycles. The Balaban J connectivity index is 1.77. The van der Waals surface area contributed by atoms with Gasteiger partial charge < -0.3 is 14.8 Å². The normalized spacial score (nSPS) is 11.5. The summed E-state index contributed by atoms with van der Waals surface area (Å²) >= 11 is 0. The van der Waals surface area contributed by atoms with E-state index in [0.29, 0.717) is 5.75 Å². The Morgan fingerprint density at radius 3 is 2.54 bits per heavy atom. The molecule has 0 heterocycles. The molecule has 2 aromatic rings. The molecule has 0 saturated heterocycles. The molecule has 0 aromatic heterocycles. The SMILES string of the molecule is Cc1ccccc1OCCC(=O)O[C@H](C)C(=O)Nc1ccc(F)c(F)c1. The average Bonchev–Trinajstić information content (AvgIpc) is 2.59. The molecular weight excluding hydrogens is 344 g/mol. The van der Waals surface area contributed by atoms with Gasteiger partial charge in [-0.2, -0.15) is 0 Å². The van der Waals surface area contributed by atoms with Crippen LogP contribution in [0.2, 0.25) is 0 Å². The topological polar surface area (TPSA) is 64.6 Å². The van der Waals surface area contributed by atoms with Crippen LogP contribution in [-0.2, 0) is 14.3 Å². The van der Waals surface area contributed by atoms with Crippen LogP contribution in [0.4, 0.5) is 14.5 Å². The molecule has 2 aromatic carbocycles. The first-order chi connectivity index (χ1) is 12.4. The summed E-state index contributed by atoms with van der Waals surface area (Å²) in [4.78, 5) is 23.7. The first kappa shape index (κ1) is 19.4. The maximum atomic E-state index is 13.1. The highest BCUT2D eigenvalue weighted by molar-refractivity contribution is 5.95. The summed E-state index contributed by atoms with van der Waals surface area (Å²) in [6, 6.07) is 10.3. The third-order valence-electron chi connectivity index (χ3n) is 3.52. The van der Waals surface area contributed by atoms with Crippen molar-refractivity contribution in [2.75, 3.05) is 11.9 Å². The number of halogens is 2. The second-order valence-corrected chi connectivity index (χ2v) is 5.61. The number of carbonyl (C=O) groups is 2. The Bertz CT molecular complexity index is 795. The van der Waals surface area contributed by atoms with E-state index in [-0.39, 0.29) is 18.7 Å². The fourth-order valence-corrected chi connectivity index (χ4v) is 2.09. The zero-order chi connectivity index (χ0) is 19.1. The van der Waals surface area contributed by atoms with Crippen molar-refractivity contribution in [3.63, 3.8) is 0 Å². The summed E-state index contributed by atoms with van der Waals surface area (Å²) in [6.07, 6.45) is -1.12. The van der Waals surface area contributed by atoms with E-state index in [9.17, 15) is 18.4 Å². The van der Waals surface area contributed by atoms with Gasteiger partial charge in [-0.3, -0.25) is 9.59 Å². The fourth-order valence-electron chi connectivity index (χ4n) is 2.09. The minimum Gasteiger partial charge on any atom is -0.493 e. The highest BCUT2D eigenvalue weighted by Gasteiger charge is 2.18. The van der Waals surface area contributed by atoms with Gasteiger partial charge >= 0.3 is 5.97 Å². The van der Waals surface area contributed by atoms with Gasteiger partial charge in [-0.25, -0.2) is 8.78 Å². The summed E-state index contributed by atoms with van der Waals surface area (Å²) in [5, 5.41) is 2.35. The number of rotatable bonds is 7. The molecule has 26 heavy (non-hydrogen) atoms. The molecule has 0 saturated carbocycles. The van der Waals surface area contributed by atoms with Crippen LogP contribution in [0.15, 0.2) is 42.5 Å². The summed E-state index contributed by atoms with van der Waals surface area (Å²) in [5.74, 6) is -2.68. The lowest BCUT2D eigenvalue weighted by molar-refractivity contribution is -0.153. The molecule has 7 heteroatoms. The lowest BCUT2D eigenvalue weighted by Crippen LogP contribution is -2.30. The number of hydrogen-bond donors (Lipinski definition) is 1. The van der Waals surface area contributed by atoms with Crippen molar-refractivity contribution in [3.05, 3.63) is 59.7 Å². The van der Waals surface area contributed by atoms with E-state index in [1.54, 1.807) is 6.07 Å². The Hall–Kier alpha value is -2.96. The summed E-state index contributed by atoms with van der Waals surface area (Å²) in [6.45, 7) is 3.38. The van der Waals surface area contributed by atoms with Crippen molar-refractivity contribution >= 4 is 17.6 Å². The molecule has 5 nitrogen and oxygen atoms in total. The van der Waals surface area contributed by atoms with Crippen LogP contribution in [0.1, 0.15) is 18.9 Å². The number of amides is 1. The van der Waals surface area contributed by atoms with E-state index in [0.717, 1.165) is 17.7 Å². The Morgan fingerprint density at radius 1 is 1.12 bits per heavy atom. The molecule has 0 fully saturated rings. The van der Waals surface area contributed by atoms with Gasteiger partial charge in [0.2, 0.25) is 0 Å². The predicted octanol–water partition coefficient (Wildman–Crippen LogP) is 3.61. The Kier molecular flexibility index (Phi) is 6.66. The maximum absolute atomic E-state index is 13.1. The number of hydrogen-bond acceptors (Lipinski definition) is 4. The van der Waals surface area contributed by atoms with Gasteiger partial charge in [0.15, 0.2) is 17.7 Å². The second kappa shape index (κ2) is 8.94. The lowest BCUT2D eigenvalue weighted by atomic mass is 10.2. The molecule has 1 amide bonds. The first-order valence-electron chi connectivity index (χ1n) is 8.00. The van der Waals surface area contributed by atoms with Gasteiger partial charge in [-0.15, -0.1) is 0 Å². The van der Waals surface area contributed by atoms with Crippen LogP contribution < -0.4 is 10.1 Å². The van der Waals surface area contributed by atoms with Crippen LogP contribution in [-0.4, -0.2) is 24.6 Å². The first-order valence-corrected chi connectivity index (χ1v) is 8.00. The number of carbonyl (C=O) groups excluding carboxylic acids is 2. The number of aryl methyl sites for hydroxylation is 1. The van der Waals surface area contributed by atoms with Crippen molar-refractivity contribution < 1.29 is 27.8 Å². The minimum atomic E-state index is -1.09. The third kappa shape index (κ3) is 5.54. The van der Waals surface area contributed by atoms with Gasteiger partial charge in [0, 0.05) is 11.8 Å². The van der Waals surface area contributed by atoms with E-state index >= 15 is 0 Å². The molecule has 0 aliphatic rings.